The molecule has 0 spiro atoms. The Labute approximate surface area is 81.6 Å². The number of nitrogens with zero attached hydrogens (tertiary/aromatic N) is 1. The maximum Gasteiger partial charge on any atom is 0.187 e. The number of Topliss-reactive ketones (excluding diaryl/α,β-unsaturated/α-hetero) is 1. The van der Waals surface area contributed by atoms with Gasteiger partial charge in [0.25, 0.3) is 0 Å². The zero-order valence-corrected chi connectivity index (χ0v) is 8.02. The van der Waals surface area contributed by atoms with Crippen molar-refractivity contribution in [1.29, 1.82) is 0 Å². The van der Waals surface area contributed by atoms with Crippen LogP contribution in [0.5, 0.6) is 5.75 Å². The highest BCUT2D eigenvalue weighted by Gasteiger charge is 2.18. The summed E-state index contributed by atoms with van der Waals surface area (Å²) in [5, 5.41) is 9.49. The second kappa shape index (κ2) is 4.00. The van der Waals surface area contributed by atoms with Gasteiger partial charge in [-0.25, -0.2) is 4.98 Å². The van der Waals surface area contributed by atoms with Gasteiger partial charge in [0.05, 0.1) is 5.56 Å². The van der Waals surface area contributed by atoms with Crippen LogP contribution in [0.1, 0.15) is 34.7 Å². The van der Waals surface area contributed by atoms with E-state index in [4.69, 9.17) is 0 Å². The first kappa shape index (κ1) is 10.4. The molecular weight excluding hydrogens is 182 g/mol. The predicted molar refractivity (Wildman–Crippen MR) is 50.5 cm³/mol. The highest BCUT2D eigenvalue weighted by molar-refractivity contribution is 6.00. The number of carbonyl (C=O) groups is 2. The molecule has 0 saturated heterocycles. The van der Waals surface area contributed by atoms with E-state index < -0.39 is 0 Å². The van der Waals surface area contributed by atoms with E-state index in [2.05, 4.69) is 4.98 Å². The van der Waals surface area contributed by atoms with Crippen molar-refractivity contribution in [2.45, 2.75) is 13.8 Å². The molecule has 0 aliphatic rings. The molecular formula is C10H11NO3. The van der Waals surface area contributed by atoms with Crippen LogP contribution in [0, 0.1) is 5.92 Å². The van der Waals surface area contributed by atoms with Gasteiger partial charge in [0.15, 0.2) is 17.8 Å². The minimum Gasteiger partial charge on any atom is -0.505 e. The fourth-order valence-electron chi connectivity index (χ4n) is 1.02. The Kier molecular flexibility index (Phi) is 2.96. The number of aromatic hydroxyl groups is 1. The Hall–Kier alpha value is -1.71. The van der Waals surface area contributed by atoms with Crippen molar-refractivity contribution in [3.05, 3.63) is 23.5 Å². The quantitative estimate of drug-likeness (QED) is 0.582. The van der Waals surface area contributed by atoms with Crippen LogP contribution in [0.3, 0.4) is 0 Å². The lowest BCUT2D eigenvalue weighted by atomic mass is 10.0. The molecule has 4 nitrogen and oxygen atoms in total. The van der Waals surface area contributed by atoms with Crippen LogP contribution < -0.4 is 0 Å². The van der Waals surface area contributed by atoms with Gasteiger partial charge in [-0.05, 0) is 6.07 Å². The number of aldehydes is 1. The SMILES string of the molecule is CC(C)C(=O)c1nccc(C=O)c1O. The summed E-state index contributed by atoms with van der Waals surface area (Å²) >= 11 is 0. The molecule has 0 bridgehead atoms. The molecule has 0 aliphatic heterocycles. The zero-order valence-electron chi connectivity index (χ0n) is 8.02. The molecule has 14 heavy (non-hydrogen) atoms. The van der Waals surface area contributed by atoms with Crippen LogP contribution in [-0.2, 0) is 0 Å². The number of carbonyl (C=O) groups excluding carboxylic acids is 2. The van der Waals surface area contributed by atoms with Gasteiger partial charge in [-0.3, -0.25) is 9.59 Å². The number of aromatic nitrogens is 1. The van der Waals surface area contributed by atoms with Gasteiger partial charge in [0, 0.05) is 12.1 Å². The molecule has 1 N–H and O–H groups in total. The summed E-state index contributed by atoms with van der Waals surface area (Å²) < 4.78 is 0. The molecule has 1 rings (SSSR count). The van der Waals surface area contributed by atoms with Crippen molar-refractivity contribution < 1.29 is 14.7 Å². The summed E-state index contributed by atoms with van der Waals surface area (Å²) in [6.07, 6.45) is 1.83. The first-order valence-corrected chi connectivity index (χ1v) is 4.25. The number of ketones is 1. The van der Waals surface area contributed by atoms with Crippen LogP contribution in [0.2, 0.25) is 0 Å². The minimum atomic E-state index is -0.332. The van der Waals surface area contributed by atoms with E-state index >= 15 is 0 Å². The van der Waals surface area contributed by atoms with Crippen molar-refractivity contribution in [3.63, 3.8) is 0 Å². The Morgan fingerprint density at radius 1 is 1.57 bits per heavy atom. The molecule has 0 unspecified atom stereocenters. The lowest BCUT2D eigenvalue weighted by molar-refractivity contribution is 0.0931. The third kappa shape index (κ3) is 1.79. The summed E-state index contributed by atoms with van der Waals surface area (Å²) in [6, 6.07) is 1.36. The van der Waals surface area contributed by atoms with Crippen molar-refractivity contribution in [1.82, 2.24) is 4.98 Å². The lowest BCUT2D eigenvalue weighted by Gasteiger charge is -2.06. The first-order chi connectivity index (χ1) is 6.57. The van der Waals surface area contributed by atoms with E-state index in [1.807, 2.05) is 0 Å². The molecule has 1 aromatic rings. The highest BCUT2D eigenvalue weighted by Crippen LogP contribution is 2.21. The average Bonchev–Trinajstić information content (AvgIpc) is 2.17. The second-order valence-electron chi connectivity index (χ2n) is 3.23. The Bertz CT molecular complexity index is 372. The normalized spacial score (nSPS) is 10.2. The summed E-state index contributed by atoms with van der Waals surface area (Å²) in [5.41, 5.74) is 0.0496. The lowest BCUT2D eigenvalue weighted by Crippen LogP contribution is -2.10. The molecule has 0 saturated carbocycles. The van der Waals surface area contributed by atoms with Gasteiger partial charge < -0.3 is 5.11 Å². The average molecular weight is 193 g/mol. The molecule has 0 aliphatic carbocycles. The largest absolute Gasteiger partial charge is 0.505 e. The molecule has 4 heteroatoms. The summed E-state index contributed by atoms with van der Waals surface area (Å²) in [5.74, 6) is -0.859. The standard InChI is InChI=1S/C10H11NO3/c1-6(2)9(13)8-10(14)7(5-12)3-4-11-8/h3-6,14H,1-2H3. The smallest absolute Gasteiger partial charge is 0.187 e. The van der Waals surface area contributed by atoms with Crippen LogP contribution in [0.4, 0.5) is 0 Å². The molecule has 1 aromatic heterocycles. The molecule has 0 amide bonds. The van der Waals surface area contributed by atoms with Crippen molar-refractivity contribution in [3.8, 4) is 5.75 Å². The molecule has 0 radical (unpaired) electrons. The Balaban J connectivity index is 3.22. The van der Waals surface area contributed by atoms with Crippen molar-refractivity contribution in [2.75, 3.05) is 0 Å². The maximum atomic E-state index is 11.5. The van der Waals surface area contributed by atoms with Crippen molar-refractivity contribution >= 4 is 12.1 Å². The maximum absolute atomic E-state index is 11.5. The monoisotopic (exact) mass is 193 g/mol. The van der Waals surface area contributed by atoms with Gasteiger partial charge in [-0.15, -0.1) is 0 Å². The van der Waals surface area contributed by atoms with Gasteiger partial charge >= 0.3 is 0 Å². The minimum absolute atomic E-state index is 0.0374. The molecule has 0 fully saturated rings. The van der Waals surface area contributed by atoms with E-state index in [1.54, 1.807) is 13.8 Å². The van der Waals surface area contributed by atoms with Gasteiger partial charge in [-0.1, -0.05) is 13.8 Å². The Morgan fingerprint density at radius 3 is 2.71 bits per heavy atom. The van der Waals surface area contributed by atoms with Gasteiger partial charge in [0.2, 0.25) is 0 Å². The zero-order chi connectivity index (χ0) is 10.7. The second-order valence-corrected chi connectivity index (χ2v) is 3.23. The molecule has 0 atom stereocenters. The topological polar surface area (TPSA) is 67.3 Å². The van der Waals surface area contributed by atoms with Crippen LogP contribution in [0.15, 0.2) is 12.3 Å². The molecule has 0 aromatic carbocycles. The molecule has 1 heterocycles. The summed E-state index contributed by atoms with van der Waals surface area (Å²) in [7, 11) is 0. The van der Waals surface area contributed by atoms with Gasteiger partial charge in [-0.2, -0.15) is 0 Å². The highest BCUT2D eigenvalue weighted by atomic mass is 16.3. The Morgan fingerprint density at radius 2 is 2.21 bits per heavy atom. The number of rotatable bonds is 3. The van der Waals surface area contributed by atoms with E-state index in [0.717, 1.165) is 0 Å². The number of hydrogen-bond acceptors (Lipinski definition) is 4. The fraction of sp³-hybridized carbons (Fsp3) is 0.300. The van der Waals surface area contributed by atoms with Crippen LogP contribution >= 0.6 is 0 Å². The van der Waals surface area contributed by atoms with E-state index in [-0.39, 0.29) is 28.7 Å². The molecule has 74 valence electrons. The van der Waals surface area contributed by atoms with Crippen molar-refractivity contribution in [2.24, 2.45) is 5.92 Å². The third-order valence-corrected chi connectivity index (χ3v) is 1.84. The third-order valence-electron chi connectivity index (χ3n) is 1.84. The fourth-order valence-corrected chi connectivity index (χ4v) is 1.02. The first-order valence-electron chi connectivity index (χ1n) is 4.25. The van der Waals surface area contributed by atoms with Crippen LogP contribution in [-0.4, -0.2) is 22.2 Å². The van der Waals surface area contributed by atoms with Crippen LogP contribution in [0.25, 0.3) is 0 Å². The van der Waals surface area contributed by atoms with E-state index in [0.29, 0.717) is 6.29 Å². The van der Waals surface area contributed by atoms with E-state index in [1.165, 1.54) is 12.3 Å². The van der Waals surface area contributed by atoms with Gasteiger partial charge in [0.1, 0.15) is 5.69 Å². The number of pyridine rings is 1. The predicted octanol–water partition coefficient (Wildman–Crippen LogP) is 1.44. The summed E-state index contributed by atoms with van der Waals surface area (Å²) in [6.45, 7) is 3.41. The number of hydrogen-bond donors (Lipinski definition) is 1. The van der Waals surface area contributed by atoms with E-state index in [9.17, 15) is 14.7 Å². The summed E-state index contributed by atoms with van der Waals surface area (Å²) in [4.78, 5) is 25.7.